The molecule has 0 bridgehead atoms. The molecule has 0 aromatic heterocycles. The van der Waals surface area contributed by atoms with E-state index >= 15 is 0 Å². The SMILES string of the molecule is C=CC[C@@H](N[C@H](C=C)c1ccccc1)C(C)(C)C. The Balaban J connectivity index is 2.84. The molecule has 1 aromatic rings. The molecule has 0 aliphatic heterocycles. The zero-order chi connectivity index (χ0) is 13.6. The molecule has 1 heteroatoms. The molecule has 0 radical (unpaired) electrons. The minimum Gasteiger partial charge on any atom is -0.303 e. The summed E-state index contributed by atoms with van der Waals surface area (Å²) in [4.78, 5) is 0. The van der Waals surface area contributed by atoms with Crippen molar-refractivity contribution in [3.05, 3.63) is 61.2 Å². The second-order valence-corrected chi connectivity index (χ2v) is 5.73. The van der Waals surface area contributed by atoms with Gasteiger partial charge in [0, 0.05) is 6.04 Å². The molecule has 2 atom stereocenters. The van der Waals surface area contributed by atoms with Gasteiger partial charge in [0.1, 0.15) is 0 Å². The summed E-state index contributed by atoms with van der Waals surface area (Å²) in [7, 11) is 0. The third kappa shape index (κ3) is 4.15. The van der Waals surface area contributed by atoms with Crippen LogP contribution < -0.4 is 5.32 Å². The Labute approximate surface area is 112 Å². The van der Waals surface area contributed by atoms with Crippen molar-refractivity contribution >= 4 is 0 Å². The van der Waals surface area contributed by atoms with Crippen LogP contribution in [0.25, 0.3) is 0 Å². The number of hydrogen-bond donors (Lipinski definition) is 1. The van der Waals surface area contributed by atoms with Gasteiger partial charge in [-0.3, -0.25) is 0 Å². The van der Waals surface area contributed by atoms with Gasteiger partial charge < -0.3 is 5.32 Å². The van der Waals surface area contributed by atoms with Gasteiger partial charge in [0.15, 0.2) is 0 Å². The van der Waals surface area contributed by atoms with Gasteiger partial charge in [0.25, 0.3) is 0 Å². The molecule has 1 nitrogen and oxygen atoms in total. The number of benzene rings is 1. The lowest BCUT2D eigenvalue weighted by Gasteiger charge is -2.34. The van der Waals surface area contributed by atoms with Crippen LogP contribution in [0.2, 0.25) is 0 Å². The van der Waals surface area contributed by atoms with Gasteiger partial charge in [0.05, 0.1) is 6.04 Å². The molecule has 0 aliphatic rings. The van der Waals surface area contributed by atoms with Crippen molar-refractivity contribution in [3.8, 4) is 0 Å². The Morgan fingerprint density at radius 1 is 1.17 bits per heavy atom. The van der Waals surface area contributed by atoms with Crippen molar-refractivity contribution in [2.24, 2.45) is 5.41 Å². The third-order valence-electron chi connectivity index (χ3n) is 3.22. The van der Waals surface area contributed by atoms with E-state index in [0.717, 1.165) is 6.42 Å². The van der Waals surface area contributed by atoms with Crippen molar-refractivity contribution in [2.45, 2.75) is 39.3 Å². The molecule has 0 unspecified atom stereocenters. The summed E-state index contributed by atoms with van der Waals surface area (Å²) >= 11 is 0. The molecule has 1 aromatic carbocycles. The van der Waals surface area contributed by atoms with E-state index < -0.39 is 0 Å². The van der Waals surface area contributed by atoms with Gasteiger partial charge >= 0.3 is 0 Å². The average molecular weight is 243 g/mol. The number of nitrogens with one attached hydrogen (secondary N) is 1. The van der Waals surface area contributed by atoms with Gasteiger partial charge in [-0.15, -0.1) is 13.2 Å². The van der Waals surface area contributed by atoms with Crippen molar-refractivity contribution in [1.29, 1.82) is 0 Å². The Morgan fingerprint density at radius 3 is 2.22 bits per heavy atom. The molecule has 0 heterocycles. The minimum absolute atomic E-state index is 0.190. The summed E-state index contributed by atoms with van der Waals surface area (Å²) in [6.45, 7) is 14.5. The fourth-order valence-corrected chi connectivity index (χ4v) is 2.02. The van der Waals surface area contributed by atoms with Gasteiger partial charge in [0.2, 0.25) is 0 Å². The van der Waals surface area contributed by atoms with Crippen LogP contribution in [0.1, 0.15) is 38.8 Å². The predicted octanol–water partition coefficient (Wildman–Crippen LogP) is 4.49. The summed E-state index contributed by atoms with van der Waals surface area (Å²) < 4.78 is 0. The zero-order valence-corrected chi connectivity index (χ0v) is 11.8. The predicted molar refractivity (Wildman–Crippen MR) is 80.6 cm³/mol. The lowest BCUT2D eigenvalue weighted by molar-refractivity contribution is 0.258. The summed E-state index contributed by atoms with van der Waals surface area (Å²) in [5, 5.41) is 3.67. The van der Waals surface area contributed by atoms with Crippen LogP contribution in [-0.4, -0.2) is 6.04 Å². The van der Waals surface area contributed by atoms with Gasteiger partial charge in [-0.25, -0.2) is 0 Å². The molecule has 0 aliphatic carbocycles. The lowest BCUT2D eigenvalue weighted by atomic mass is 9.84. The molecular weight excluding hydrogens is 218 g/mol. The maximum absolute atomic E-state index is 3.94. The second kappa shape index (κ2) is 6.55. The fraction of sp³-hybridized carbons (Fsp3) is 0.412. The molecule has 0 spiro atoms. The first-order valence-electron chi connectivity index (χ1n) is 6.53. The van der Waals surface area contributed by atoms with Crippen LogP contribution in [0.3, 0.4) is 0 Å². The minimum atomic E-state index is 0.190. The van der Waals surface area contributed by atoms with E-state index in [2.05, 4.69) is 63.5 Å². The highest BCUT2D eigenvalue weighted by atomic mass is 15.0. The molecule has 98 valence electrons. The highest BCUT2D eigenvalue weighted by molar-refractivity contribution is 5.22. The van der Waals surface area contributed by atoms with Gasteiger partial charge in [-0.2, -0.15) is 0 Å². The standard InChI is InChI=1S/C17H25N/c1-6-11-16(17(3,4)5)18-15(7-2)14-12-9-8-10-13-14/h6-10,12-13,15-16,18H,1-2,11H2,3-5H3/t15-,16-/m1/s1. The summed E-state index contributed by atoms with van der Waals surface area (Å²) in [6.07, 6.45) is 4.91. The van der Waals surface area contributed by atoms with E-state index in [1.165, 1.54) is 5.56 Å². The lowest BCUT2D eigenvalue weighted by Crippen LogP contribution is -2.41. The Kier molecular flexibility index (Phi) is 5.36. The van der Waals surface area contributed by atoms with Crippen molar-refractivity contribution in [2.75, 3.05) is 0 Å². The Bertz CT molecular complexity index is 372. The van der Waals surface area contributed by atoms with Gasteiger partial charge in [-0.1, -0.05) is 63.3 Å². The summed E-state index contributed by atoms with van der Waals surface area (Å²) in [5.41, 5.74) is 1.45. The molecule has 0 saturated carbocycles. The topological polar surface area (TPSA) is 12.0 Å². The highest BCUT2D eigenvalue weighted by Crippen LogP contribution is 2.25. The summed E-state index contributed by atoms with van der Waals surface area (Å²) in [6, 6.07) is 11.0. The molecule has 0 saturated heterocycles. The van der Waals surface area contributed by atoms with Gasteiger partial charge in [-0.05, 0) is 17.4 Å². The second-order valence-electron chi connectivity index (χ2n) is 5.73. The van der Waals surface area contributed by atoms with E-state index in [0.29, 0.717) is 6.04 Å². The first kappa shape index (κ1) is 14.7. The largest absolute Gasteiger partial charge is 0.303 e. The van der Waals surface area contributed by atoms with Crippen molar-refractivity contribution < 1.29 is 0 Å². The maximum atomic E-state index is 3.94. The highest BCUT2D eigenvalue weighted by Gasteiger charge is 2.25. The summed E-state index contributed by atoms with van der Waals surface area (Å²) in [5.74, 6) is 0. The molecule has 18 heavy (non-hydrogen) atoms. The molecule has 1 rings (SSSR count). The monoisotopic (exact) mass is 243 g/mol. The first-order valence-corrected chi connectivity index (χ1v) is 6.53. The van der Waals surface area contributed by atoms with Crippen LogP contribution in [0.5, 0.6) is 0 Å². The molecular formula is C17H25N. The molecule has 0 amide bonds. The van der Waals surface area contributed by atoms with Crippen LogP contribution in [0, 0.1) is 5.41 Å². The normalized spacial score (nSPS) is 14.8. The average Bonchev–Trinajstić information content (AvgIpc) is 2.34. The Hall–Kier alpha value is -1.34. The number of hydrogen-bond acceptors (Lipinski definition) is 1. The molecule has 0 fully saturated rings. The maximum Gasteiger partial charge on any atom is 0.0506 e. The smallest absolute Gasteiger partial charge is 0.0506 e. The van der Waals surface area contributed by atoms with E-state index in [-0.39, 0.29) is 11.5 Å². The van der Waals surface area contributed by atoms with E-state index in [9.17, 15) is 0 Å². The fourth-order valence-electron chi connectivity index (χ4n) is 2.02. The van der Waals surface area contributed by atoms with Crippen molar-refractivity contribution in [3.63, 3.8) is 0 Å². The van der Waals surface area contributed by atoms with Crippen LogP contribution in [-0.2, 0) is 0 Å². The van der Waals surface area contributed by atoms with E-state index in [1.54, 1.807) is 0 Å². The van der Waals surface area contributed by atoms with Crippen LogP contribution in [0.15, 0.2) is 55.6 Å². The van der Waals surface area contributed by atoms with Crippen molar-refractivity contribution in [1.82, 2.24) is 5.32 Å². The van der Waals surface area contributed by atoms with E-state index in [4.69, 9.17) is 0 Å². The molecule has 1 N–H and O–H groups in total. The quantitative estimate of drug-likeness (QED) is 0.726. The Morgan fingerprint density at radius 2 is 1.78 bits per heavy atom. The zero-order valence-electron chi connectivity index (χ0n) is 11.8. The third-order valence-corrected chi connectivity index (χ3v) is 3.22. The van der Waals surface area contributed by atoms with Crippen LogP contribution in [0.4, 0.5) is 0 Å². The number of rotatable bonds is 6. The van der Waals surface area contributed by atoms with E-state index in [1.807, 2.05) is 18.2 Å². The van der Waals surface area contributed by atoms with Crippen LogP contribution >= 0.6 is 0 Å². The first-order chi connectivity index (χ1) is 8.49.